The van der Waals surface area contributed by atoms with Crippen LogP contribution in [-0.2, 0) is 22.5 Å². The number of benzene rings is 2. The summed E-state index contributed by atoms with van der Waals surface area (Å²) in [5.41, 5.74) is 3.81. The number of rotatable bonds is 6. The molecule has 1 N–H and O–H groups in total. The maximum absolute atomic E-state index is 13.7. The zero-order valence-electron chi connectivity index (χ0n) is 16.0. The van der Waals surface area contributed by atoms with E-state index in [1.165, 1.54) is 5.56 Å². The fraction of sp³-hybridized carbons (Fsp3) is 0.409. The Morgan fingerprint density at radius 1 is 1.19 bits per heavy atom. The molecule has 2 aromatic carbocycles. The Kier molecular flexibility index (Phi) is 6.58. The number of carbonyl (C=O) groups is 1. The lowest BCUT2D eigenvalue weighted by Gasteiger charge is -2.33. The second-order valence-corrected chi connectivity index (χ2v) is 7.28. The third-order valence-electron chi connectivity index (χ3n) is 4.88. The second-order valence-electron chi connectivity index (χ2n) is 7.28. The molecule has 144 valence electrons. The highest BCUT2D eigenvalue weighted by atomic mass is 19.1. The normalized spacial score (nSPS) is 17.7. The molecule has 1 aliphatic rings. The van der Waals surface area contributed by atoms with Crippen molar-refractivity contribution in [2.24, 2.45) is 0 Å². The highest BCUT2D eigenvalue weighted by molar-refractivity contribution is 5.78. The minimum Gasteiger partial charge on any atom is -0.374 e. The lowest BCUT2D eigenvalue weighted by molar-refractivity contribution is -0.121. The molecule has 1 saturated heterocycles. The van der Waals surface area contributed by atoms with E-state index in [-0.39, 0.29) is 17.8 Å². The van der Waals surface area contributed by atoms with Crippen LogP contribution in [-0.4, -0.2) is 43.2 Å². The first-order valence-electron chi connectivity index (χ1n) is 9.41. The number of halogens is 1. The molecule has 4 nitrogen and oxygen atoms in total. The van der Waals surface area contributed by atoms with Crippen molar-refractivity contribution in [2.75, 3.05) is 26.2 Å². The first-order chi connectivity index (χ1) is 13.0. The van der Waals surface area contributed by atoms with E-state index >= 15 is 0 Å². The Labute approximate surface area is 160 Å². The van der Waals surface area contributed by atoms with E-state index in [0.29, 0.717) is 31.7 Å². The number of hydrogen-bond acceptors (Lipinski definition) is 3. The highest BCUT2D eigenvalue weighted by Gasteiger charge is 2.21. The number of morpholine rings is 1. The Balaban J connectivity index is 1.45. The Bertz CT molecular complexity index is 776. The Morgan fingerprint density at radius 2 is 1.93 bits per heavy atom. The molecule has 5 heteroatoms. The van der Waals surface area contributed by atoms with Crippen LogP contribution in [0.3, 0.4) is 0 Å². The van der Waals surface area contributed by atoms with Gasteiger partial charge in [-0.2, -0.15) is 0 Å². The molecule has 1 unspecified atom stereocenters. The van der Waals surface area contributed by atoms with Crippen LogP contribution >= 0.6 is 0 Å². The van der Waals surface area contributed by atoms with E-state index in [9.17, 15) is 9.18 Å². The summed E-state index contributed by atoms with van der Waals surface area (Å²) in [6, 6.07) is 13.4. The minimum atomic E-state index is -0.166. The summed E-state index contributed by atoms with van der Waals surface area (Å²) in [5, 5.41) is 2.97. The monoisotopic (exact) mass is 370 g/mol. The van der Waals surface area contributed by atoms with E-state index in [1.54, 1.807) is 13.0 Å². The number of carbonyl (C=O) groups excluding carboxylic acids is 1. The molecule has 1 heterocycles. The van der Waals surface area contributed by atoms with Crippen LogP contribution in [0.2, 0.25) is 0 Å². The topological polar surface area (TPSA) is 41.6 Å². The molecule has 0 spiro atoms. The number of hydrogen-bond donors (Lipinski definition) is 1. The first kappa shape index (κ1) is 19.5. The zero-order chi connectivity index (χ0) is 19.2. The molecule has 1 atom stereocenters. The number of aryl methyl sites for hydroxylation is 2. The molecule has 1 amide bonds. The van der Waals surface area contributed by atoms with Crippen molar-refractivity contribution in [1.29, 1.82) is 0 Å². The smallest absolute Gasteiger partial charge is 0.224 e. The van der Waals surface area contributed by atoms with Gasteiger partial charge in [-0.3, -0.25) is 9.69 Å². The fourth-order valence-corrected chi connectivity index (χ4v) is 3.22. The molecule has 27 heavy (non-hydrogen) atoms. The summed E-state index contributed by atoms with van der Waals surface area (Å²) in [5.74, 6) is -0.166. The van der Waals surface area contributed by atoms with Gasteiger partial charge >= 0.3 is 0 Å². The van der Waals surface area contributed by atoms with Crippen molar-refractivity contribution in [3.05, 3.63) is 70.5 Å². The van der Waals surface area contributed by atoms with Crippen LogP contribution in [0.25, 0.3) is 0 Å². The maximum atomic E-state index is 13.7. The molecule has 0 radical (unpaired) electrons. The van der Waals surface area contributed by atoms with Gasteiger partial charge in [-0.05, 0) is 36.6 Å². The van der Waals surface area contributed by atoms with Crippen LogP contribution in [0.4, 0.5) is 4.39 Å². The van der Waals surface area contributed by atoms with Crippen LogP contribution in [0.5, 0.6) is 0 Å². The summed E-state index contributed by atoms with van der Waals surface area (Å²) < 4.78 is 19.5. The van der Waals surface area contributed by atoms with E-state index in [1.807, 2.05) is 43.3 Å². The van der Waals surface area contributed by atoms with Gasteiger partial charge in [0.05, 0.1) is 19.1 Å². The summed E-state index contributed by atoms with van der Waals surface area (Å²) in [6.07, 6.45) is 0.329. The van der Waals surface area contributed by atoms with Gasteiger partial charge in [0.15, 0.2) is 0 Å². The van der Waals surface area contributed by atoms with Gasteiger partial charge < -0.3 is 10.1 Å². The molecule has 0 saturated carbocycles. The quantitative estimate of drug-likeness (QED) is 0.850. The maximum Gasteiger partial charge on any atom is 0.224 e. The van der Waals surface area contributed by atoms with Gasteiger partial charge in [-0.25, -0.2) is 4.39 Å². The molecule has 0 bridgehead atoms. The molecule has 1 aliphatic heterocycles. The van der Waals surface area contributed by atoms with Crippen molar-refractivity contribution < 1.29 is 13.9 Å². The third-order valence-corrected chi connectivity index (χ3v) is 4.88. The standard InChI is InChI=1S/C22H27FN2O2/c1-16-3-6-18(7-4-16)12-22(26)24-13-20-15-25(9-10-27-20)14-19-8-5-17(2)21(23)11-19/h3-8,11,20H,9-10,12-15H2,1-2H3,(H,24,26). The fourth-order valence-electron chi connectivity index (χ4n) is 3.22. The van der Waals surface area contributed by atoms with Crippen molar-refractivity contribution >= 4 is 5.91 Å². The molecular formula is C22H27FN2O2. The van der Waals surface area contributed by atoms with E-state index < -0.39 is 0 Å². The molecule has 3 rings (SSSR count). The third kappa shape index (κ3) is 5.88. The SMILES string of the molecule is Cc1ccc(CC(=O)NCC2CN(Cc3ccc(C)c(F)c3)CCO2)cc1. The van der Waals surface area contributed by atoms with Gasteiger partial charge in [0, 0.05) is 26.2 Å². The summed E-state index contributed by atoms with van der Waals surface area (Å²) in [7, 11) is 0. The number of ether oxygens (including phenoxy) is 1. The van der Waals surface area contributed by atoms with Crippen LogP contribution in [0.1, 0.15) is 22.3 Å². The van der Waals surface area contributed by atoms with Crippen LogP contribution in [0, 0.1) is 19.7 Å². The zero-order valence-corrected chi connectivity index (χ0v) is 16.0. The van der Waals surface area contributed by atoms with Crippen LogP contribution < -0.4 is 5.32 Å². The summed E-state index contributed by atoms with van der Waals surface area (Å²) in [4.78, 5) is 14.4. The van der Waals surface area contributed by atoms with E-state index in [2.05, 4.69) is 10.2 Å². The molecule has 1 fully saturated rings. The predicted octanol–water partition coefficient (Wildman–Crippen LogP) is 3.00. The second kappa shape index (κ2) is 9.11. The van der Waals surface area contributed by atoms with Gasteiger partial charge in [-0.15, -0.1) is 0 Å². The largest absolute Gasteiger partial charge is 0.374 e. The lowest BCUT2D eigenvalue weighted by atomic mass is 10.1. The van der Waals surface area contributed by atoms with Gasteiger partial charge in [0.2, 0.25) is 5.91 Å². The molecule has 0 aliphatic carbocycles. The van der Waals surface area contributed by atoms with Crippen molar-refractivity contribution in [1.82, 2.24) is 10.2 Å². The predicted molar refractivity (Wildman–Crippen MR) is 104 cm³/mol. The van der Waals surface area contributed by atoms with Crippen molar-refractivity contribution in [3.8, 4) is 0 Å². The molecular weight excluding hydrogens is 343 g/mol. The van der Waals surface area contributed by atoms with E-state index in [4.69, 9.17) is 4.74 Å². The summed E-state index contributed by atoms with van der Waals surface area (Å²) >= 11 is 0. The molecule has 0 aromatic heterocycles. The van der Waals surface area contributed by atoms with Crippen LogP contribution in [0.15, 0.2) is 42.5 Å². The highest BCUT2D eigenvalue weighted by Crippen LogP contribution is 2.14. The Morgan fingerprint density at radius 3 is 2.67 bits per heavy atom. The van der Waals surface area contributed by atoms with Crippen molar-refractivity contribution in [3.63, 3.8) is 0 Å². The first-order valence-corrected chi connectivity index (χ1v) is 9.41. The lowest BCUT2D eigenvalue weighted by Crippen LogP contribution is -2.47. The van der Waals surface area contributed by atoms with Gasteiger partial charge in [0.25, 0.3) is 0 Å². The number of nitrogens with zero attached hydrogens (tertiary/aromatic N) is 1. The molecule has 2 aromatic rings. The van der Waals surface area contributed by atoms with Gasteiger partial charge in [0.1, 0.15) is 5.82 Å². The van der Waals surface area contributed by atoms with Gasteiger partial charge in [-0.1, -0.05) is 42.0 Å². The number of nitrogens with one attached hydrogen (secondary N) is 1. The van der Waals surface area contributed by atoms with E-state index in [0.717, 1.165) is 24.2 Å². The summed E-state index contributed by atoms with van der Waals surface area (Å²) in [6.45, 7) is 7.12. The minimum absolute atomic E-state index is 0.000169. The Hall–Kier alpha value is -2.24. The van der Waals surface area contributed by atoms with Crippen molar-refractivity contribution in [2.45, 2.75) is 32.9 Å². The average molecular weight is 370 g/mol. The average Bonchev–Trinajstić information content (AvgIpc) is 2.65. The number of amides is 1.